The van der Waals surface area contributed by atoms with Crippen molar-refractivity contribution >= 4 is 34.6 Å². The molecule has 0 unspecified atom stereocenters. The number of fused-ring (bicyclic) bond motifs is 1. The zero-order chi connectivity index (χ0) is 24.9. The lowest BCUT2D eigenvalue weighted by Crippen LogP contribution is -2.36. The summed E-state index contributed by atoms with van der Waals surface area (Å²) in [6.45, 7) is 9.34. The molecule has 2 aliphatic rings. The van der Waals surface area contributed by atoms with Crippen LogP contribution < -0.4 is 15.6 Å². The van der Waals surface area contributed by atoms with Gasteiger partial charge in [0.25, 0.3) is 0 Å². The number of rotatable bonds is 7. The summed E-state index contributed by atoms with van der Waals surface area (Å²) in [7, 11) is 0. The quantitative estimate of drug-likeness (QED) is 0.512. The zero-order valence-corrected chi connectivity index (χ0v) is 21.1. The van der Waals surface area contributed by atoms with Crippen LogP contribution in [0.2, 0.25) is 0 Å². The molecular formula is C27H34N8O. The third kappa shape index (κ3) is 4.97. The number of aryl methyl sites for hydroxylation is 2. The minimum atomic E-state index is 0.464. The molecule has 0 aliphatic carbocycles. The maximum atomic E-state index is 5.63. The van der Waals surface area contributed by atoms with Gasteiger partial charge in [-0.05, 0) is 44.5 Å². The molecule has 3 aromatic rings. The second kappa shape index (κ2) is 10.9. The van der Waals surface area contributed by atoms with Crippen LogP contribution in [0.25, 0.3) is 11.2 Å². The number of pyridine rings is 1. The lowest BCUT2D eigenvalue weighted by Gasteiger charge is -2.30. The number of hydrazone groups is 1. The summed E-state index contributed by atoms with van der Waals surface area (Å²) in [5, 5.41) is 7.12. The van der Waals surface area contributed by atoms with E-state index >= 15 is 0 Å². The van der Waals surface area contributed by atoms with Crippen molar-refractivity contribution in [2.75, 3.05) is 42.8 Å². The summed E-state index contributed by atoms with van der Waals surface area (Å²) in [6, 6.07) is 10.7. The average Bonchev–Trinajstić information content (AvgIpc) is 3.28. The van der Waals surface area contributed by atoms with Crippen LogP contribution in [0.15, 0.2) is 52.7 Å². The SMILES string of the molecule is CCn1c(CN=C/C=C\N)nc2c(N3CCOCC3)cc(N3CCCC(c4cccc(C)c4)=N3)nc21. The van der Waals surface area contributed by atoms with Crippen molar-refractivity contribution in [1.82, 2.24) is 14.5 Å². The second-order valence-electron chi connectivity index (χ2n) is 9.06. The number of nitrogens with two attached hydrogens (primary N) is 1. The van der Waals surface area contributed by atoms with Gasteiger partial charge in [-0.2, -0.15) is 5.10 Å². The number of benzene rings is 1. The Balaban J connectivity index is 1.59. The molecule has 9 heteroatoms. The topological polar surface area (TPSA) is 97.2 Å². The summed E-state index contributed by atoms with van der Waals surface area (Å²) >= 11 is 0. The van der Waals surface area contributed by atoms with Crippen molar-refractivity contribution in [3.8, 4) is 0 Å². The van der Waals surface area contributed by atoms with E-state index < -0.39 is 0 Å². The van der Waals surface area contributed by atoms with E-state index in [9.17, 15) is 0 Å². The Morgan fingerprint density at radius 2 is 2.00 bits per heavy atom. The van der Waals surface area contributed by atoms with Gasteiger partial charge in [-0.25, -0.2) is 15.0 Å². The second-order valence-corrected chi connectivity index (χ2v) is 9.06. The highest BCUT2D eigenvalue weighted by atomic mass is 16.5. The maximum absolute atomic E-state index is 5.63. The highest BCUT2D eigenvalue weighted by molar-refractivity contribution is 6.01. The highest BCUT2D eigenvalue weighted by Gasteiger charge is 2.24. The van der Waals surface area contributed by atoms with Gasteiger partial charge in [0.05, 0.1) is 31.2 Å². The lowest BCUT2D eigenvalue weighted by atomic mass is 10.0. The van der Waals surface area contributed by atoms with Gasteiger partial charge >= 0.3 is 0 Å². The number of aromatic nitrogens is 3. The lowest BCUT2D eigenvalue weighted by molar-refractivity contribution is 0.123. The Labute approximate surface area is 212 Å². The Morgan fingerprint density at radius 1 is 1.14 bits per heavy atom. The highest BCUT2D eigenvalue weighted by Crippen LogP contribution is 2.32. The summed E-state index contributed by atoms with van der Waals surface area (Å²) < 4.78 is 7.78. The predicted octanol–water partition coefficient (Wildman–Crippen LogP) is 3.64. The third-order valence-electron chi connectivity index (χ3n) is 6.59. The van der Waals surface area contributed by atoms with Crippen LogP contribution in [0.5, 0.6) is 0 Å². The van der Waals surface area contributed by atoms with Crippen molar-refractivity contribution in [2.24, 2.45) is 15.8 Å². The van der Waals surface area contributed by atoms with Gasteiger partial charge in [0, 0.05) is 38.5 Å². The fourth-order valence-electron chi connectivity index (χ4n) is 4.82. The van der Waals surface area contributed by atoms with Crippen LogP contribution in [-0.2, 0) is 17.8 Å². The number of anilines is 2. The number of hydrogen-bond donors (Lipinski definition) is 1. The van der Waals surface area contributed by atoms with Crippen LogP contribution in [-0.4, -0.2) is 59.3 Å². The number of nitrogens with zero attached hydrogens (tertiary/aromatic N) is 7. The van der Waals surface area contributed by atoms with Crippen LogP contribution >= 0.6 is 0 Å². The number of imidazole rings is 1. The fourth-order valence-corrected chi connectivity index (χ4v) is 4.82. The Hall–Kier alpha value is -3.72. The van der Waals surface area contributed by atoms with Crippen molar-refractivity contribution in [3.05, 3.63) is 59.6 Å². The fraction of sp³-hybridized carbons (Fsp3) is 0.407. The molecule has 9 nitrogen and oxygen atoms in total. The van der Waals surface area contributed by atoms with E-state index in [1.54, 1.807) is 12.3 Å². The minimum absolute atomic E-state index is 0.464. The summed E-state index contributed by atoms with van der Waals surface area (Å²) in [5.41, 5.74) is 11.8. The van der Waals surface area contributed by atoms with E-state index in [0.29, 0.717) is 19.8 Å². The molecule has 2 aromatic heterocycles. The zero-order valence-electron chi connectivity index (χ0n) is 21.1. The molecule has 1 aromatic carbocycles. The summed E-state index contributed by atoms with van der Waals surface area (Å²) in [5.74, 6) is 1.74. The molecule has 2 N–H and O–H groups in total. The van der Waals surface area contributed by atoms with Gasteiger partial charge < -0.3 is 19.9 Å². The van der Waals surface area contributed by atoms with Crippen molar-refractivity contribution in [1.29, 1.82) is 0 Å². The smallest absolute Gasteiger partial charge is 0.164 e. The van der Waals surface area contributed by atoms with Gasteiger partial charge in [-0.1, -0.05) is 29.8 Å². The number of ether oxygens (including phenoxy) is 1. The first-order chi connectivity index (χ1) is 17.7. The Kier molecular flexibility index (Phi) is 7.27. The molecule has 4 heterocycles. The third-order valence-corrected chi connectivity index (χ3v) is 6.59. The van der Waals surface area contributed by atoms with Crippen LogP contribution in [0.4, 0.5) is 11.5 Å². The van der Waals surface area contributed by atoms with E-state index in [2.05, 4.69) is 63.6 Å². The van der Waals surface area contributed by atoms with Gasteiger partial charge in [0.2, 0.25) is 0 Å². The molecule has 1 fully saturated rings. The summed E-state index contributed by atoms with van der Waals surface area (Å²) in [6.07, 6.45) is 6.89. The number of hydrogen-bond acceptors (Lipinski definition) is 8. The van der Waals surface area contributed by atoms with E-state index in [1.165, 1.54) is 17.3 Å². The van der Waals surface area contributed by atoms with Gasteiger partial charge in [0.1, 0.15) is 11.3 Å². The van der Waals surface area contributed by atoms with Crippen molar-refractivity contribution in [3.63, 3.8) is 0 Å². The van der Waals surface area contributed by atoms with Crippen molar-refractivity contribution in [2.45, 2.75) is 39.8 Å². The normalized spacial score (nSPS) is 17.0. The first-order valence-electron chi connectivity index (χ1n) is 12.7. The number of allylic oxidation sites excluding steroid dienone is 1. The Bertz CT molecular complexity index is 1300. The number of morpholine rings is 1. The number of aliphatic imine (C=N–C) groups is 1. The minimum Gasteiger partial charge on any atom is -0.405 e. The molecule has 0 atom stereocenters. The molecule has 0 amide bonds. The van der Waals surface area contributed by atoms with E-state index in [-0.39, 0.29) is 0 Å². The molecule has 188 valence electrons. The molecule has 2 aliphatic heterocycles. The van der Waals surface area contributed by atoms with Crippen molar-refractivity contribution < 1.29 is 4.74 Å². The predicted molar refractivity (Wildman–Crippen MR) is 146 cm³/mol. The Morgan fingerprint density at radius 3 is 2.78 bits per heavy atom. The average molecular weight is 487 g/mol. The maximum Gasteiger partial charge on any atom is 0.164 e. The van der Waals surface area contributed by atoms with Crippen LogP contribution in [0.1, 0.15) is 36.7 Å². The molecular weight excluding hydrogens is 452 g/mol. The van der Waals surface area contributed by atoms with Gasteiger partial charge in [-0.3, -0.25) is 4.99 Å². The van der Waals surface area contributed by atoms with Crippen LogP contribution in [0, 0.1) is 6.92 Å². The van der Waals surface area contributed by atoms with E-state index in [1.807, 2.05) is 0 Å². The first-order valence-corrected chi connectivity index (χ1v) is 12.7. The molecule has 0 bridgehead atoms. The molecule has 1 saturated heterocycles. The van der Waals surface area contributed by atoms with E-state index in [0.717, 1.165) is 73.2 Å². The molecule has 0 saturated carbocycles. The summed E-state index contributed by atoms with van der Waals surface area (Å²) in [4.78, 5) is 16.9. The standard InChI is InChI=1S/C27H34N8O/c1-3-34-25(19-29-11-6-10-28)30-26-23(33-13-15-36-16-14-33)18-24(31-27(26)34)35-12-5-9-22(32-35)21-8-4-7-20(2)17-21/h4,6-8,10-11,17-18H,3,5,9,12-16,19,28H2,1-2H3/b10-6-,29-11?. The first kappa shape index (κ1) is 24.0. The molecule has 5 rings (SSSR count). The van der Waals surface area contributed by atoms with Gasteiger partial charge in [0.15, 0.2) is 11.5 Å². The molecule has 0 radical (unpaired) electrons. The molecule has 36 heavy (non-hydrogen) atoms. The van der Waals surface area contributed by atoms with Gasteiger partial charge in [-0.15, -0.1) is 0 Å². The van der Waals surface area contributed by atoms with Crippen LogP contribution in [0.3, 0.4) is 0 Å². The largest absolute Gasteiger partial charge is 0.405 e. The molecule has 0 spiro atoms. The van der Waals surface area contributed by atoms with E-state index in [4.69, 9.17) is 25.5 Å². The monoisotopic (exact) mass is 486 g/mol.